The van der Waals surface area contributed by atoms with Crippen molar-refractivity contribution < 1.29 is 0 Å². The van der Waals surface area contributed by atoms with Gasteiger partial charge in [-0.05, 0) is 87.1 Å². The molecule has 0 fully saturated rings. The first-order valence-electron chi connectivity index (χ1n) is 16.3. The van der Waals surface area contributed by atoms with Crippen LogP contribution in [-0.2, 0) is 0 Å². The third-order valence-electron chi connectivity index (χ3n) is 9.27. The van der Waals surface area contributed by atoms with Crippen LogP contribution in [0.25, 0.3) is 64.3 Å². The average Bonchev–Trinajstić information content (AvgIpc) is 3.54. The summed E-state index contributed by atoms with van der Waals surface area (Å²) in [7, 11) is 0. The van der Waals surface area contributed by atoms with E-state index in [4.69, 9.17) is 0 Å². The molecule has 1 aromatic heterocycles. The molecule has 0 unspecified atom stereocenters. The van der Waals surface area contributed by atoms with Gasteiger partial charge in [-0.15, -0.1) is 11.3 Å². The molecule has 0 bridgehead atoms. The predicted octanol–water partition coefficient (Wildman–Crippen LogP) is 13.7. The first kappa shape index (κ1) is 28.3. The van der Waals surface area contributed by atoms with Crippen molar-refractivity contribution in [3.8, 4) is 33.4 Å². The third kappa shape index (κ3) is 5.04. The van der Waals surface area contributed by atoms with Crippen LogP contribution in [0.5, 0.6) is 0 Å². The van der Waals surface area contributed by atoms with Crippen LogP contribution in [0.2, 0.25) is 0 Å². The Bertz CT molecular complexity index is 2560. The monoisotopic (exact) mass is 629 g/mol. The Morgan fingerprint density at radius 3 is 1.85 bits per heavy atom. The van der Waals surface area contributed by atoms with Crippen LogP contribution >= 0.6 is 11.3 Å². The fraction of sp³-hybridized carbons (Fsp3) is 0. The van der Waals surface area contributed by atoms with Gasteiger partial charge in [-0.3, -0.25) is 0 Å². The Kier molecular flexibility index (Phi) is 7.07. The standard InChI is InChI=1S/C46H31NS/c1-2-15-37(16-3-1)47(44-22-8-6-19-41(44)36-28-29-46-43(31-36)42-20-7-9-23-45(42)48-46)38-17-10-14-35(30-38)32-24-26-34(27-25-32)40-21-11-13-33-12-4-5-18-39(33)40/h1-31H. The molecule has 0 aliphatic rings. The van der Waals surface area contributed by atoms with E-state index in [0.717, 1.165) is 17.1 Å². The summed E-state index contributed by atoms with van der Waals surface area (Å²) in [5, 5.41) is 5.16. The van der Waals surface area contributed by atoms with Crippen molar-refractivity contribution >= 4 is 59.3 Å². The highest BCUT2D eigenvalue weighted by molar-refractivity contribution is 7.25. The quantitative estimate of drug-likeness (QED) is 0.177. The summed E-state index contributed by atoms with van der Waals surface area (Å²) in [6.45, 7) is 0. The Balaban J connectivity index is 1.14. The van der Waals surface area contributed by atoms with Gasteiger partial charge in [-0.25, -0.2) is 0 Å². The molecule has 1 nitrogen and oxygen atoms in total. The van der Waals surface area contributed by atoms with Gasteiger partial charge in [0.25, 0.3) is 0 Å². The molecule has 9 aromatic rings. The summed E-state index contributed by atoms with van der Waals surface area (Å²) in [5.41, 5.74) is 10.6. The van der Waals surface area contributed by atoms with Crippen molar-refractivity contribution in [1.82, 2.24) is 0 Å². The predicted molar refractivity (Wildman–Crippen MR) is 208 cm³/mol. The number of anilines is 3. The molecule has 0 aliphatic heterocycles. The lowest BCUT2D eigenvalue weighted by Gasteiger charge is -2.28. The van der Waals surface area contributed by atoms with Crippen LogP contribution in [0.1, 0.15) is 0 Å². The Hall–Kier alpha value is -5.96. The Morgan fingerprint density at radius 1 is 0.333 bits per heavy atom. The second-order valence-corrected chi connectivity index (χ2v) is 13.2. The van der Waals surface area contributed by atoms with E-state index < -0.39 is 0 Å². The number of nitrogens with zero attached hydrogens (tertiary/aromatic N) is 1. The lowest BCUT2D eigenvalue weighted by atomic mass is 9.96. The van der Waals surface area contributed by atoms with Crippen molar-refractivity contribution in [3.05, 3.63) is 188 Å². The van der Waals surface area contributed by atoms with Crippen LogP contribution in [0.15, 0.2) is 188 Å². The summed E-state index contributed by atoms with van der Waals surface area (Å²) in [5.74, 6) is 0. The number of fused-ring (bicyclic) bond motifs is 4. The largest absolute Gasteiger partial charge is 0.310 e. The van der Waals surface area contributed by atoms with E-state index in [1.807, 2.05) is 11.3 Å². The maximum absolute atomic E-state index is 2.39. The van der Waals surface area contributed by atoms with Gasteiger partial charge >= 0.3 is 0 Å². The first-order chi connectivity index (χ1) is 23.8. The van der Waals surface area contributed by atoms with Gasteiger partial charge in [0.2, 0.25) is 0 Å². The lowest BCUT2D eigenvalue weighted by Crippen LogP contribution is -2.11. The van der Waals surface area contributed by atoms with Gasteiger partial charge < -0.3 is 4.90 Å². The van der Waals surface area contributed by atoms with E-state index in [9.17, 15) is 0 Å². The minimum atomic E-state index is 1.12. The minimum Gasteiger partial charge on any atom is -0.310 e. The second kappa shape index (κ2) is 12.0. The summed E-state index contributed by atoms with van der Waals surface area (Å²) in [6.07, 6.45) is 0. The molecule has 0 atom stereocenters. The van der Waals surface area contributed by atoms with Crippen molar-refractivity contribution in [2.75, 3.05) is 4.90 Å². The normalized spacial score (nSPS) is 11.3. The van der Waals surface area contributed by atoms with E-state index in [1.54, 1.807) is 0 Å². The van der Waals surface area contributed by atoms with Crippen LogP contribution in [0, 0.1) is 0 Å². The van der Waals surface area contributed by atoms with Crippen molar-refractivity contribution in [3.63, 3.8) is 0 Å². The summed E-state index contributed by atoms with van der Waals surface area (Å²) >= 11 is 1.86. The highest BCUT2D eigenvalue weighted by atomic mass is 32.1. The molecule has 226 valence electrons. The van der Waals surface area contributed by atoms with E-state index in [1.165, 1.54) is 64.3 Å². The smallest absolute Gasteiger partial charge is 0.0540 e. The summed E-state index contributed by atoms with van der Waals surface area (Å²) in [4.78, 5) is 2.39. The SMILES string of the molecule is c1ccc(N(c2cccc(-c3ccc(-c4cccc5ccccc45)cc3)c2)c2ccccc2-c2ccc3sc4ccccc4c3c2)cc1. The summed E-state index contributed by atoms with van der Waals surface area (Å²) < 4.78 is 2.64. The van der Waals surface area contributed by atoms with Crippen molar-refractivity contribution in [2.24, 2.45) is 0 Å². The first-order valence-corrected chi connectivity index (χ1v) is 17.2. The molecule has 0 radical (unpaired) electrons. The molecule has 48 heavy (non-hydrogen) atoms. The molecule has 9 rings (SSSR count). The molecule has 0 amide bonds. The van der Waals surface area contributed by atoms with E-state index in [0.29, 0.717) is 0 Å². The second-order valence-electron chi connectivity index (χ2n) is 12.2. The van der Waals surface area contributed by atoms with Gasteiger partial charge in [0.1, 0.15) is 0 Å². The average molecular weight is 630 g/mol. The number of rotatable bonds is 6. The van der Waals surface area contributed by atoms with Crippen LogP contribution < -0.4 is 4.90 Å². The fourth-order valence-corrected chi connectivity index (χ4v) is 8.04. The van der Waals surface area contributed by atoms with Gasteiger partial charge in [0, 0.05) is 37.1 Å². The number of hydrogen-bond donors (Lipinski definition) is 0. The zero-order chi connectivity index (χ0) is 31.9. The number of thiophene rings is 1. The molecule has 0 saturated carbocycles. The summed E-state index contributed by atoms with van der Waals surface area (Å²) in [6, 6.07) is 68.1. The van der Waals surface area contributed by atoms with Gasteiger partial charge in [0.05, 0.1) is 5.69 Å². The zero-order valence-corrected chi connectivity index (χ0v) is 27.1. The third-order valence-corrected chi connectivity index (χ3v) is 10.4. The maximum atomic E-state index is 2.39. The minimum absolute atomic E-state index is 1.12. The number of hydrogen-bond acceptors (Lipinski definition) is 2. The lowest BCUT2D eigenvalue weighted by molar-refractivity contribution is 1.28. The van der Waals surface area contributed by atoms with E-state index in [-0.39, 0.29) is 0 Å². The molecule has 1 heterocycles. The molecule has 0 spiro atoms. The van der Waals surface area contributed by atoms with Crippen molar-refractivity contribution in [1.29, 1.82) is 0 Å². The van der Waals surface area contributed by atoms with Gasteiger partial charge in [0.15, 0.2) is 0 Å². The van der Waals surface area contributed by atoms with Crippen LogP contribution in [-0.4, -0.2) is 0 Å². The van der Waals surface area contributed by atoms with Gasteiger partial charge in [-0.2, -0.15) is 0 Å². The molecule has 2 heteroatoms. The zero-order valence-electron chi connectivity index (χ0n) is 26.3. The van der Waals surface area contributed by atoms with Gasteiger partial charge in [-0.1, -0.05) is 140 Å². The molecular formula is C46H31NS. The van der Waals surface area contributed by atoms with Crippen LogP contribution in [0.4, 0.5) is 17.1 Å². The van der Waals surface area contributed by atoms with Crippen molar-refractivity contribution in [2.45, 2.75) is 0 Å². The molecule has 0 N–H and O–H groups in total. The Morgan fingerprint density at radius 2 is 0.958 bits per heavy atom. The maximum Gasteiger partial charge on any atom is 0.0540 e. The van der Waals surface area contributed by atoms with E-state index >= 15 is 0 Å². The Labute approximate surface area is 284 Å². The fourth-order valence-electron chi connectivity index (χ4n) is 6.95. The molecule has 0 saturated heterocycles. The van der Waals surface area contributed by atoms with Crippen LogP contribution in [0.3, 0.4) is 0 Å². The number of benzene rings is 8. The highest BCUT2D eigenvalue weighted by Crippen LogP contribution is 2.43. The number of para-hydroxylation sites is 2. The molecular weight excluding hydrogens is 599 g/mol. The topological polar surface area (TPSA) is 3.24 Å². The van der Waals surface area contributed by atoms with E-state index in [2.05, 4.69) is 193 Å². The highest BCUT2D eigenvalue weighted by Gasteiger charge is 2.18. The molecule has 8 aromatic carbocycles. The molecule has 0 aliphatic carbocycles.